The molecule has 2 aromatic rings. The minimum absolute atomic E-state index is 0.0711. The molecule has 0 unspecified atom stereocenters. The van der Waals surface area contributed by atoms with Crippen molar-refractivity contribution in [2.75, 3.05) is 12.1 Å². The molecule has 7 nitrogen and oxygen atoms in total. The lowest BCUT2D eigenvalue weighted by Gasteiger charge is -2.21. The van der Waals surface area contributed by atoms with Gasteiger partial charge in [0.05, 0.1) is 17.0 Å². The number of aromatic nitrogens is 2. The lowest BCUT2D eigenvalue weighted by Crippen LogP contribution is -2.23. The fourth-order valence-corrected chi connectivity index (χ4v) is 3.36. The van der Waals surface area contributed by atoms with Crippen molar-refractivity contribution >= 4 is 23.7 Å². The second-order valence-electron chi connectivity index (χ2n) is 6.83. The molecule has 1 aliphatic heterocycles. The van der Waals surface area contributed by atoms with Gasteiger partial charge in [0, 0.05) is 12.5 Å². The zero-order valence-electron chi connectivity index (χ0n) is 15.1. The van der Waals surface area contributed by atoms with E-state index in [1.165, 1.54) is 6.08 Å². The van der Waals surface area contributed by atoms with Crippen LogP contribution >= 0.6 is 0 Å². The molecule has 7 heteroatoms. The fraction of sp³-hybridized carbons (Fsp3) is 0.300. The number of ketones is 1. The number of rotatable bonds is 3. The summed E-state index contributed by atoms with van der Waals surface area (Å²) in [6.45, 7) is 4.00. The number of nitrogens with zero attached hydrogens (tertiary/aromatic N) is 2. The van der Waals surface area contributed by atoms with Crippen LogP contribution in [-0.2, 0) is 11.2 Å². The number of Topliss-reactive ketones (excluding diaryl/α,β-unsaturated/α-hetero) is 1. The molecule has 1 N–H and O–H groups in total. The standard InChI is InChI=1S/C20H19N3O4/c1-11-7-14-19(15(24)8-11)12(2)21-20(22-14)23-18(25)6-4-13-3-5-16-17(9-13)27-10-26-16/h3-6,9,11H,7-8,10H2,1-2H3,(H,21,22,23,25)/b6-4+/t11-/m1/s1. The van der Waals surface area contributed by atoms with E-state index in [1.807, 2.05) is 13.0 Å². The van der Waals surface area contributed by atoms with E-state index < -0.39 is 0 Å². The Bertz CT molecular complexity index is 968. The minimum atomic E-state index is -0.345. The molecule has 1 amide bonds. The van der Waals surface area contributed by atoms with Crippen LogP contribution in [0.4, 0.5) is 5.95 Å². The summed E-state index contributed by atoms with van der Waals surface area (Å²) < 4.78 is 10.6. The van der Waals surface area contributed by atoms with Crippen LogP contribution in [0.3, 0.4) is 0 Å². The van der Waals surface area contributed by atoms with Crippen LogP contribution < -0.4 is 14.8 Å². The first kappa shape index (κ1) is 17.2. The molecule has 0 bridgehead atoms. The maximum atomic E-state index is 12.2. The average molecular weight is 365 g/mol. The summed E-state index contributed by atoms with van der Waals surface area (Å²) in [6.07, 6.45) is 4.30. The molecule has 1 atom stereocenters. The summed E-state index contributed by atoms with van der Waals surface area (Å²) in [5.41, 5.74) is 2.73. The normalized spacial score (nSPS) is 17.9. The van der Waals surface area contributed by atoms with Gasteiger partial charge in [0.15, 0.2) is 17.3 Å². The predicted molar refractivity (Wildman–Crippen MR) is 98.8 cm³/mol. The minimum Gasteiger partial charge on any atom is -0.454 e. The van der Waals surface area contributed by atoms with Crippen LogP contribution in [0.25, 0.3) is 6.08 Å². The number of amides is 1. The number of carbonyl (C=O) groups excluding carboxylic acids is 2. The molecule has 1 aromatic carbocycles. The van der Waals surface area contributed by atoms with E-state index in [0.717, 1.165) is 5.56 Å². The van der Waals surface area contributed by atoms with E-state index in [2.05, 4.69) is 15.3 Å². The number of aryl methyl sites for hydroxylation is 1. The number of ether oxygens (including phenoxy) is 2. The van der Waals surface area contributed by atoms with Gasteiger partial charge in [0.25, 0.3) is 5.91 Å². The Kier molecular flexibility index (Phi) is 4.35. The number of carbonyl (C=O) groups is 2. The van der Waals surface area contributed by atoms with Crippen LogP contribution in [0.1, 0.15) is 40.7 Å². The molecule has 2 heterocycles. The quantitative estimate of drug-likeness (QED) is 0.841. The lowest BCUT2D eigenvalue weighted by molar-refractivity contribution is -0.111. The van der Waals surface area contributed by atoms with E-state index in [4.69, 9.17) is 9.47 Å². The Morgan fingerprint density at radius 3 is 2.89 bits per heavy atom. The molecule has 0 radical (unpaired) electrons. The van der Waals surface area contributed by atoms with Gasteiger partial charge in [-0.25, -0.2) is 9.97 Å². The smallest absolute Gasteiger partial charge is 0.250 e. The molecule has 0 spiro atoms. The number of nitrogens with one attached hydrogen (secondary N) is 1. The van der Waals surface area contributed by atoms with Crippen LogP contribution in [-0.4, -0.2) is 28.5 Å². The van der Waals surface area contributed by atoms with E-state index in [0.29, 0.717) is 41.3 Å². The van der Waals surface area contributed by atoms with Crippen LogP contribution in [0.5, 0.6) is 11.5 Å². The molecule has 1 aliphatic carbocycles. The molecule has 4 rings (SSSR count). The highest BCUT2D eigenvalue weighted by Gasteiger charge is 2.26. The summed E-state index contributed by atoms with van der Waals surface area (Å²) in [6, 6.07) is 5.44. The maximum absolute atomic E-state index is 12.2. The van der Waals surface area contributed by atoms with Crippen molar-refractivity contribution in [3.8, 4) is 11.5 Å². The summed E-state index contributed by atoms with van der Waals surface area (Å²) in [5.74, 6) is 1.54. The molecule has 0 fully saturated rings. The first-order valence-corrected chi connectivity index (χ1v) is 8.79. The van der Waals surface area contributed by atoms with Gasteiger partial charge in [-0.05, 0) is 43.0 Å². The Labute approximate surface area is 156 Å². The highest BCUT2D eigenvalue weighted by molar-refractivity contribution is 6.02. The highest BCUT2D eigenvalue weighted by Crippen LogP contribution is 2.32. The van der Waals surface area contributed by atoms with Gasteiger partial charge in [-0.3, -0.25) is 14.9 Å². The first-order valence-electron chi connectivity index (χ1n) is 8.79. The van der Waals surface area contributed by atoms with Gasteiger partial charge >= 0.3 is 0 Å². The van der Waals surface area contributed by atoms with E-state index in [1.54, 1.807) is 25.1 Å². The predicted octanol–water partition coefficient (Wildman–Crippen LogP) is 2.93. The number of hydrogen-bond donors (Lipinski definition) is 1. The molecule has 2 aliphatic rings. The van der Waals surface area contributed by atoms with E-state index in [9.17, 15) is 9.59 Å². The van der Waals surface area contributed by atoms with Crippen LogP contribution in [0, 0.1) is 12.8 Å². The monoisotopic (exact) mass is 365 g/mol. The molecular formula is C20H19N3O4. The van der Waals surface area contributed by atoms with Gasteiger partial charge < -0.3 is 9.47 Å². The third-order valence-corrected chi connectivity index (χ3v) is 4.58. The Morgan fingerprint density at radius 1 is 1.22 bits per heavy atom. The topological polar surface area (TPSA) is 90.4 Å². The van der Waals surface area contributed by atoms with Crippen molar-refractivity contribution in [1.29, 1.82) is 0 Å². The van der Waals surface area contributed by atoms with Crippen molar-refractivity contribution in [3.05, 3.63) is 46.8 Å². The Hall–Kier alpha value is -3.22. The van der Waals surface area contributed by atoms with Crippen molar-refractivity contribution in [1.82, 2.24) is 9.97 Å². The second kappa shape index (κ2) is 6.83. The number of hydrogen-bond acceptors (Lipinski definition) is 6. The summed E-state index contributed by atoms with van der Waals surface area (Å²) >= 11 is 0. The van der Waals surface area contributed by atoms with Crippen LogP contribution in [0.2, 0.25) is 0 Å². The molecule has 138 valence electrons. The summed E-state index contributed by atoms with van der Waals surface area (Å²) in [4.78, 5) is 33.1. The largest absolute Gasteiger partial charge is 0.454 e. The summed E-state index contributed by atoms with van der Waals surface area (Å²) in [5, 5.41) is 2.67. The first-order chi connectivity index (χ1) is 13.0. The zero-order valence-corrected chi connectivity index (χ0v) is 15.1. The number of anilines is 1. The van der Waals surface area contributed by atoms with Gasteiger partial charge in [0.2, 0.25) is 12.7 Å². The Balaban J connectivity index is 1.49. The van der Waals surface area contributed by atoms with Gasteiger partial charge in [-0.2, -0.15) is 0 Å². The van der Waals surface area contributed by atoms with Crippen LogP contribution in [0.15, 0.2) is 24.3 Å². The van der Waals surface area contributed by atoms with Gasteiger partial charge in [-0.15, -0.1) is 0 Å². The highest BCUT2D eigenvalue weighted by atomic mass is 16.7. The van der Waals surface area contributed by atoms with Crippen molar-refractivity contribution in [2.45, 2.75) is 26.7 Å². The van der Waals surface area contributed by atoms with Crippen molar-refractivity contribution in [3.63, 3.8) is 0 Å². The number of fused-ring (bicyclic) bond motifs is 2. The average Bonchev–Trinajstić information content (AvgIpc) is 3.06. The van der Waals surface area contributed by atoms with E-state index >= 15 is 0 Å². The fourth-order valence-electron chi connectivity index (χ4n) is 3.36. The number of benzene rings is 1. The lowest BCUT2D eigenvalue weighted by atomic mass is 9.86. The maximum Gasteiger partial charge on any atom is 0.250 e. The molecule has 27 heavy (non-hydrogen) atoms. The van der Waals surface area contributed by atoms with Crippen molar-refractivity contribution in [2.24, 2.45) is 5.92 Å². The van der Waals surface area contributed by atoms with Gasteiger partial charge in [0.1, 0.15) is 0 Å². The zero-order chi connectivity index (χ0) is 19.0. The molecule has 0 saturated carbocycles. The SMILES string of the molecule is Cc1nc(NC(=O)/C=C/c2ccc3c(c2)OCO3)nc2c1C(=O)C[C@H](C)C2. The second-order valence-corrected chi connectivity index (χ2v) is 6.83. The third-order valence-electron chi connectivity index (χ3n) is 4.58. The summed E-state index contributed by atoms with van der Waals surface area (Å²) in [7, 11) is 0. The van der Waals surface area contributed by atoms with Gasteiger partial charge in [-0.1, -0.05) is 13.0 Å². The molecule has 0 saturated heterocycles. The molecular weight excluding hydrogens is 346 g/mol. The molecule has 1 aromatic heterocycles. The van der Waals surface area contributed by atoms with Crippen molar-refractivity contribution < 1.29 is 19.1 Å². The third kappa shape index (κ3) is 3.53. The van der Waals surface area contributed by atoms with E-state index in [-0.39, 0.29) is 30.3 Å². The Morgan fingerprint density at radius 2 is 2.04 bits per heavy atom.